The monoisotopic (exact) mass is 391 g/mol. The number of rotatable bonds is 4. The van der Waals surface area contributed by atoms with Crippen LogP contribution in [0.1, 0.15) is 25.8 Å². The lowest BCUT2D eigenvalue weighted by molar-refractivity contribution is -0.122. The van der Waals surface area contributed by atoms with Gasteiger partial charge in [0.25, 0.3) is 0 Å². The minimum Gasteiger partial charge on any atom is -0.326 e. The Morgan fingerprint density at radius 1 is 1.10 bits per heavy atom. The highest BCUT2D eigenvalue weighted by Gasteiger charge is 2.35. The number of carbonyl (C=O) groups is 3. The van der Waals surface area contributed by atoms with E-state index in [-0.39, 0.29) is 36.0 Å². The van der Waals surface area contributed by atoms with Crippen LogP contribution in [0.3, 0.4) is 0 Å². The zero-order valence-electron chi connectivity index (χ0n) is 16.7. The average Bonchev–Trinajstić information content (AvgIpc) is 3.31. The van der Waals surface area contributed by atoms with Gasteiger partial charge in [-0.2, -0.15) is 0 Å². The van der Waals surface area contributed by atoms with E-state index in [0.717, 1.165) is 23.4 Å². The second kappa shape index (κ2) is 7.70. The van der Waals surface area contributed by atoms with Crippen LogP contribution in [-0.2, 0) is 20.8 Å². The predicted octanol–water partition coefficient (Wildman–Crippen LogP) is 3.22. The molecule has 0 radical (unpaired) electrons. The molecule has 1 unspecified atom stereocenters. The van der Waals surface area contributed by atoms with Gasteiger partial charge in [-0.1, -0.05) is 32.0 Å². The van der Waals surface area contributed by atoms with Gasteiger partial charge in [-0.15, -0.1) is 0 Å². The molecule has 29 heavy (non-hydrogen) atoms. The molecule has 2 aliphatic heterocycles. The van der Waals surface area contributed by atoms with Crippen LogP contribution in [0.2, 0.25) is 0 Å². The average molecular weight is 391 g/mol. The van der Waals surface area contributed by atoms with Gasteiger partial charge < -0.3 is 15.1 Å². The van der Waals surface area contributed by atoms with Crippen molar-refractivity contribution in [1.82, 2.24) is 0 Å². The van der Waals surface area contributed by atoms with E-state index in [1.54, 1.807) is 4.90 Å². The Kier molecular flexibility index (Phi) is 5.09. The highest BCUT2D eigenvalue weighted by Crippen LogP contribution is 2.32. The van der Waals surface area contributed by atoms with Gasteiger partial charge in [0.05, 0.1) is 5.92 Å². The lowest BCUT2D eigenvalue weighted by Crippen LogP contribution is -2.32. The summed E-state index contributed by atoms with van der Waals surface area (Å²) in [5.74, 6) is -0.494. The third-order valence-electron chi connectivity index (χ3n) is 5.57. The van der Waals surface area contributed by atoms with Crippen molar-refractivity contribution >= 4 is 34.8 Å². The Morgan fingerprint density at radius 2 is 1.86 bits per heavy atom. The summed E-state index contributed by atoms with van der Waals surface area (Å²) in [6.45, 7) is 4.86. The molecule has 2 aromatic rings. The smallest absolute Gasteiger partial charge is 0.229 e. The third kappa shape index (κ3) is 3.75. The first-order chi connectivity index (χ1) is 13.9. The van der Waals surface area contributed by atoms with Crippen LogP contribution in [0, 0.1) is 11.8 Å². The van der Waals surface area contributed by atoms with Crippen molar-refractivity contribution in [2.24, 2.45) is 11.8 Å². The first-order valence-corrected chi connectivity index (χ1v) is 10.0. The van der Waals surface area contributed by atoms with Crippen molar-refractivity contribution in [1.29, 1.82) is 0 Å². The number of hydrogen-bond acceptors (Lipinski definition) is 3. The summed E-state index contributed by atoms with van der Waals surface area (Å²) >= 11 is 0. The molecule has 2 heterocycles. The van der Waals surface area contributed by atoms with E-state index < -0.39 is 0 Å². The molecule has 0 bridgehead atoms. The molecule has 1 saturated heterocycles. The molecule has 4 rings (SSSR count). The first kappa shape index (κ1) is 19.2. The second-order valence-electron chi connectivity index (χ2n) is 7.97. The van der Waals surface area contributed by atoms with Gasteiger partial charge >= 0.3 is 0 Å². The van der Waals surface area contributed by atoms with Crippen molar-refractivity contribution in [3.05, 3.63) is 54.1 Å². The van der Waals surface area contributed by atoms with Gasteiger partial charge in [0.1, 0.15) is 0 Å². The quantitative estimate of drug-likeness (QED) is 0.870. The van der Waals surface area contributed by atoms with Crippen molar-refractivity contribution in [3.8, 4) is 0 Å². The number of hydrogen-bond donors (Lipinski definition) is 1. The number of amides is 3. The maximum atomic E-state index is 12.7. The number of fused-ring (bicyclic) bond motifs is 1. The van der Waals surface area contributed by atoms with Crippen LogP contribution in [0.5, 0.6) is 0 Å². The van der Waals surface area contributed by atoms with Crippen LogP contribution in [0.15, 0.2) is 48.5 Å². The molecular formula is C23H25N3O3. The lowest BCUT2D eigenvalue weighted by Gasteiger charge is -2.20. The summed E-state index contributed by atoms with van der Waals surface area (Å²) in [5.41, 5.74) is 3.51. The van der Waals surface area contributed by atoms with Gasteiger partial charge in [-0.3, -0.25) is 14.4 Å². The molecule has 0 spiro atoms. The van der Waals surface area contributed by atoms with Crippen molar-refractivity contribution in [2.75, 3.05) is 28.2 Å². The lowest BCUT2D eigenvalue weighted by atomic mass is 10.1. The fraction of sp³-hybridized carbons (Fsp3) is 0.348. The fourth-order valence-corrected chi connectivity index (χ4v) is 4.01. The highest BCUT2D eigenvalue weighted by atomic mass is 16.2. The SMILES string of the molecule is CC(C)C(=O)N1CCc2cc(NC(=O)C3CC(=O)N(c4ccccc4)C3)ccc21. The molecule has 3 amide bonds. The number of nitrogens with zero attached hydrogens (tertiary/aromatic N) is 2. The summed E-state index contributed by atoms with van der Waals surface area (Å²) in [4.78, 5) is 40.9. The Hall–Kier alpha value is -3.15. The minimum atomic E-state index is -0.380. The molecule has 0 aliphatic carbocycles. The zero-order valence-corrected chi connectivity index (χ0v) is 16.7. The number of anilines is 3. The number of nitrogens with one attached hydrogen (secondary N) is 1. The highest BCUT2D eigenvalue weighted by molar-refractivity contribution is 6.04. The second-order valence-corrected chi connectivity index (χ2v) is 7.97. The van der Waals surface area contributed by atoms with Gasteiger partial charge in [-0.25, -0.2) is 0 Å². The third-order valence-corrected chi connectivity index (χ3v) is 5.57. The first-order valence-electron chi connectivity index (χ1n) is 10.0. The summed E-state index contributed by atoms with van der Waals surface area (Å²) in [6.07, 6.45) is 0.990. The summed E-state index contributed by atoms with van der Waals surface area (Å²) in [5, 5.41) is 2.95. The van der Waals surface area contributed by atoms with Gasteiger partial charge in [0, 0.05) is 42.5 Å². The number of benzene rings is 2. The Balaban J connectivity index is 1.43. The van der Waals surface area contributed by atoms with Gasteiger partial charge in [0.15, 0.2) is 0 Å². The normalized spacial score (nSPS) is 18.3. The van der Waals surface area contributed by atoms with Crippen molar-refractivity contribution in [3.63, 3.8) is 0 Å². The molecule has 2 aromatic carbocycles. The molecule has 0 aromatic heterocycles. The standard InChI is InChI=1S/C23H25N3O3/c1-15(2)23(29)25-11-10-16-12-18(8-9-20(16)25)24-22(28)17-13-21(27)26(14-17)19-6-4-3-5-7-19/h3-9,12,15,17H,10-11,13-14H2,1-2H3,(H,24,28). The summed E-state index contributed by atoms with van der Waals surface area (Å²) in [6, 6.07) is 15.1. The molecule has 150 valence electrons. The molecular weight excluding hydrogens is 366 g/mol. The molecule has 6 nitrogen and oxygen atoms in total. The Bertz CT molecular complexity index is 955. The van der Waals surface area contributed by atoms with E-state index in [1.807, 2.05) is 67.3 Å². The van der Waals surface area contributed by atoms with Crippen molar-refractivity contribution in [2.45, 2.75) is 26.7 Å². The Morgan fingerprint density at radius 3 is 2.59 bits per heavy atom. The van der Waals surface area contributed by atoms with E-state index >= 15 is 0 Å². The topological polar surface area (TPSA) is 69.7 Å². The Labute approximate surface area is 170 Å². The molecule has 6 heteroatoms. The summed E-state index contributed by atoms with van der Waals surface area (Å²) in [7, 11) is 0. The molecule has 2 aliphatic rings. The van der Waals surface area contributed by atoms with Crippen molar-refractivity contribution < 1.29 is 14.4 Å². The molecule has 1 N–H and O–H groups in total. The van der Waals surface area contributed by atoms with Crippen LogP contribution in [-0.4, -0.2) is 30.8 Å². The van der Waals surface area contributed by atoms with Crippen LogP contribution in [0.25, 0.3) is 0 Å². The van der Waals surface area contributed by atoms with Gasteiger partial charge in [0.2, 0.25) is 17.7 Å². The summed E-state index contributed by atoms with van der Waals surface area (Å²) < 4.78 is 0. The van der Waals surface area contributed by atoms with E-state index in [2.05, 4.69) is 5.32 Å². The predicted molar refractivity (Wildman–Crippen MR) is 113 cm³/mol. The maximum absolute atomic E-state index is 12.7. The number of para-hydroxylation sites is 1. The van der Waals surface area contributed by atoms with E-state index in [0.29, 0.717) is 18.8 Å². The van der Waals surface area contributed by atoms with E-state index in [4.69, 9.17) is 0 Å². The van der Waals surface area contributed by atoms with Crippen LogP contribution in [0.4, 0.5) is 17.1 Å². The van der Waals surface area contributed by atoms with Gasteiger partial charge in [-0.05, 0) is 42.3 Å². The number of carbonyl (C=O) groups excluding carboxylic acids is 3. The van der Waals surface area contributed by atoms with Crippen LogP contribution >= 0.6 is 0 Å². The molecule has 1 atom stereocenters. The van der Waals surface area contributed by atoms with E-state index in [1.165, 1.54) is 0 Å². The fourth-order valence-electron chi connectivity index (χ4n) is 4.01. The van der Waals surface area contributed by atoms with Crippen LogP contribution < -0.4 is 15.1 Å². The van der Waals surface area contributed by atoms with E-state index in [9.17, 15) is 14.4 Å². The zero-order chi connectivity index (χ0) is 20.5. The largest absolute Gasteiger partial charge is 0.326 e. The minimum absolute atomic E-state index is 0.0341. The molecule has 0 saturated carbocycles. The maximum Gasteiger partial charge on any atom is 0.229 e. The molecule has 1 fully saturated rings.